The molecule has 102 valence electrons. The lowest BCUT2D eigenvalue weighted by Gasteiger charge is -2.27. The van der Waals surface area contributed by atoms with E-state index in [1.54, 1.807) is 18.2 Å². The molecular formula is C15H18FNO2. The summed E-state index contributed by atoms with van der Waals surface area (Å²) < 4.78 is 12.9. The third-order valence-corrected chi connectivity index (χ3v) is 3.33. The molecule has 1 aromatic rings. The van der Waals surface area contributed by atoms with E-state index < -0.39 is 6.10 Å². The zero-order valence-electron chi connectivity index (χ0n) is 10.7. The topological polar surface area (TPSA) is 49.3 Å². The van der Waals surface area contributed by atoms with E-state index in [4.69, 9.17) is 0 Å². The molecule has 2 N–H and O–H groups in total. The monoisotopic (exact) mass is 263 g/mol. The first-order valence-corrected chi connectivity index (χ1v) is 6.57. The number of carbonyl (C=O) groups is 1. The number of amides is 1. The molecule has 0 heterocycles. The van der Waals surface area contributed by atoms with Crippen LogP contribution in [0.3, 0.4) is 0 Å². The lowest BCUT2D eigenvalue weighted by atomic mass is 9.92. The number of carbonyl (C=O) groups excluding carboxylic acids is 1. The van der Waals surface area contributed by atoms with Crippen LogP contribution in [0.4, 0.5) is 4.39 Å². The van der Waals surface area contributed by atoms with Crippen LogP contribution in [-0.4, -0.2) is 23.2 Å². The summed E-state index contributed by atoms with van der Waals surface area (Å²) in [5.41, 5.74) is 0.638. The van der Waals surface area contributed by atoms with Gasteiger partial charge in [-0.1, -0.05) is 25.0 Å². The Bertz CT molecular complexity index is 473. The average molecular weight is 263 g/mol. The van der Waals surface area contributed by atoms with E-state index in [1.165, 1.54) is 18.2 Å². The molecule has 0 bridgehead atoms. The second-order valence-corrected chi connectivity index (χ2v) is 4.86. The van der Waals surface area contributed by atoms with Gasteiger partial charge in [0.2, 0.25) is 5.91 Å². The van der Waals surface area contributed by atoms with Gasteiger partial charge in [0, 0.05) is 6.08 Å². The summed E-state index contributed by atoms with van der Waals surface area (Å²) in [5, 5.41) is 12.5. The molecule has 0 aliphatic heterocycles. The third-order valence-electron chi connectivity index (χ3n) is 3.33. The molecule has 4 heteroatoms. The number of benzene rings is 1. The number of hydrogen-bond acceptors (Lipinski definition) is 2. The number of nitrogens with one attached hydrogen (secondary N) is 1. The van der Waals surface area contributed by atoms with E-state index in [2.05, 4.69) is 5.32 Å². The Kier molecular flexibility index (Phi) is 4.68. The Morgan fingerprint density at radius 2 is 2.16 bits per heavy atom. The SMILES string of the molecule is O=C(/C=C/c1cccc(F)c1)N[C@H]1CCCC[C@@H]1O. The van der Waals surface area contributed by atoms with Gasteiger partial charge in [-0.15, -0.1) is 0 Å². The summed E-state index contributed by atoms with van der Waals surface area (Å²) in [5.74, 6) is -0.583. The molecule has 1 amide bonds. The lowest BCUT2D eigenvalue weighted by molar-refractivity contribution is -0.118. The fourth-order valence-corrected chi connectivity index (χ4v) is 2.29. The highest BCUT2D eigenvalue weighted by molar-refractivity contribution is 5.91. The van der Waals surface area contributed by atoms with Gasteiger partial charge in [0.15, 0.2) is 0 Å². The maximum Gasteiger partial charge on any atom is 0.244 e. The van der Waals surface area contributed by atoms with Crippen LogP contribution in [0, 0.1) is 5.82 Å². The van der Waals surface area contributed by atoms with Crippen molar-refractivity contribution < 1.29 is 14.3 Å². The maximum absolute atomic E-state index is 12.9. The van der Waals surface area contributed by atoms with E-state index in [1.807, 2.05) is 0 Å². The number of rotatable bonds is 3. The molecule has 0 aromatic heterocycles. The Hall–Kier alpha value is -1.68. The molecule has 0 spiro atoms. The van der Waals surface area contributed by atoms with Crippen LogP contribution >= 0.6 is 0 Å². The van der Waals surface area contributed by atoms with Crippen LogP contribution in [0.5, 0.6) is 0 Å². The van der Waals surface area contributed by atoms with E-state index in [0.29, 0.717) is 5.56 Å². The zero-order chi connectivity index (χ0) is 13.7. The van der Waals surface area contributed by atoms with Gasteiger partial charge in [-0.3, -0.25) is 4.79 Å². The molecule has 2 rings (SSSR count). The summed E-state index contributed by atoms with van der Waals surface area (Å²) in [4.78, 5) is 11.7. The largest absolute Gasteiger partial charge is 0.391 e. The van der Waals surface area contributed by atoms with Gasteiger partial charge in [0.05, 0.1) is 12.1 Å². The van der Waals surface area contributed by atoms with E-state index >= 15 is 0 Å². The fraction of sp³-hybridized carbons (Fsp3) is 0.400. The van der Waals surface area contributed by atoms with Crippen molar-refractivity contribution in [3.8, 4) is 0 Å². The van der Waals surface area contributed by atoms with Gasteiger partial charge < -0.3 is 10.4 Å². The van der Waals surface area contributed by atoms with Crippen molar-refractivity contribution in [2.45, 2.75) is 37.8 Å². The summed E-state index contributed by atoms with van der Waals surface area (Å²) in [6.45, 7) is 0. The molecule has 2 atom stereocenters. The number of hydrogen-bond donors (Lipinski definition) is 2. The number of halogens is 1. The number of aliphatic hydroxyl groups excluding tert-OH is 1. The molecule has 0 unspecified atom stereocenters. The summed E-state index contributed by atoms with van der Waals surface area (Å²) in [6, 6.07) is 5.87. The van der Waals surface area contributed by atoms with Crippen molar-refractivity contribution in [1.29, 1.82) is 0 Å². The van der Waals surface area contributed by atoms with Gasteiger partial charge >= 0.3 is 0 Å². The van der Waals surface area contributed by atoms with Gasteiger partial charge in [-0.2, -0.15) is 0 Å². The predicted octanol–water partition coefficient (Wildman–Crippen LogP) is 2.26. The quantitative estimate of drug-likeness (QED) is 0.822. The second kappa shape index (κ2) is 6.48. The van der Waals surface area contributed by atoms with Crippen LogP contribution in [0.1, 0.15) is 31.2 Å². The van der Waals surface area contributed by atoms with Gasteiger partial charge in [-0.25, -0.2) is 4.39 Å². The van der Waals surface area contributed by atoms with Gasteiger partial charge in [-0.05, 0) is 36.6 Å². The van der Waals surface area contributed by atoms with E-state index in [9.17, 15) is 14.3 Å². The molecule has 1 fully saturated rings. The van der Waals surface area contributed by atoms with E-state index in [0.717, 1.165) is 25.7 Å². The molecule has 1 aliphatic rings. The first-order chi connectivity index (χ1) is 9.15. The molecular weight excluding hydrogens is 245 g/mol. The summed E-state index contributed by atoms with van der Waals surface area (Å²) in [6.07, 6.45) is 6.05. The minimum atomic E-state index is -0.458. The van der Waals surface area contributed by atoms with Crippen molar-refractivity contribution in [2.75, 3.05) is 0 Å². The first kappa shape index (κ1) is 13.7. The van der Waals surface area contributed by atoms with E-state index in [-0.39, 0.29) is 17.8 Å². The maximum atomic E-state index is 12.9. The third kappa shape index (κ3) is 4.17. The van der Waals surface area contributed by atoms with Gasteiger partial charge in [0.25, 0.3) is 0 Å². The van der Waals surface area contributed by atoms with Crippen LogP contribution in [0.15, 0.2) is 30.3 Å². The van der Waals surface area contributed by atoms with Crippen molar-refractivity contribution in [1.82, 2.24) is 5.32 Å². The van der Waals surface area contributed by atoms with Crippen molar-refractivity contribution in [3.63, 3.8) is 0 Å². The molecule has 0 saturated heterocycles. The molecule has 19 heavy (non-hydrogen) atoms. The molecule has 1 aliphatic carbocycles. The highest BCUT2D eigenvalue weighted by Gasteiger charge is 2.23. The molecule has 1 aromatic carbocycles. The molecule has 0 radical (unpaired) electrons. The second-order valence-electron chi connectivity index (χ2n) is 4.86. The summed E-state index contributed by atoms with van der Waals surface area (Å²) >= 11 is 0. The standard InChI is InChI=1S/C15H18FNO2/c16-12-5-3-4-11(10-12)8-9-15(19)17-13-6-1-2-7-14(13)18/h3-5,8-10,13-14,18H,1-2,6-7H2,(H,17,19)/b9-8+/t13-,14-/m0/s1. The lowest BCUT2D eigenvalue weighted by Crippen LogP contribution is -2.44. The Balaban J connectivity index is 1.90. The molecule has 1 saturated carbocycles. The highest BCUT2D eigenvalue weighted by atomic mass is 19.1. The van der Waals surface area contributed by atoms with Crippen LogP contribution in [0.2, 0.25) is 0 Å². The smallest absolute Gasteiger partial charge is 0.244 e. The summed E-state index contributed by atoms with van der Waals surface area (Å²) in [7, 11) is 0. The zero-order valence-corrected chi connectivity index (χ0v) is 10.7. The highest BCUT2D eigenvalue weighted by Crippen LogP contribution is 2.18. The van der Waals surface area contributed by atoms with Crippen molar-refractivity contribution >= 4 is 12.0 Å². The fourth-order valence-electron chi connectivity index (χ4n) is 2.29. The van der Waals surface area contributed by atoms with Gasteiger partial charge in [0.1, 0.15) is 5.82 Å². The van der Waals surface area contributed by atoms with Crippen LogP contribution in [0.25, 0.3) is 6.08 Å². The minimum Gasteiger partial charge on any atom is -0.391 e. The average Bonchev–Trinajstić information content (AvgIpc) is 2.39. The minimum absolute atomic E-state index is 0.168. The van der Waals surface area contributed by atoms with Crippen LogP contribution < -0.4 is 5.32 Å². The van der Waals surface area contributed by atoms with Crippen molar-refractivity contribution in [2.24, 2.45) is 0 Å². The Morgan fingerprint density at radius 3 is 2.89 bits per heavy atom. The van der Waals surface area contributed by atoms with Crippen molar-refractivity contribution in [3.05, 3.63) is 41.7 Å². The molecule has 3 nitrogen and oxygen atoms in total. The first-order valence-electron chi connectivity index (χ1n) is 6.57. The van der Waals surface area contributed by atoms with Crippen LogP contribution in [-0.2, 0) is 4.79 Å². The number of aliphatic hydroxyl groups is 1. The predicted molar refractivity (Wildman–Crippen MR) is 71.8 cm³/mol. The Morgan fingerprint density at radius 1 is 1.37 bits per heavy atom. The normalized spacial score (nSPS) is 23.5. The Labute approximate surface area is 112 Å².